The van der Waals surface area contributed by atoms with E-state index in [-0.39, 0.29) is 0 Å². The highest BCUT2D eigenvalue weighted by atomic mass is 16.5. The molecule has 2 unspecified atom stereocenters. The van der Waals surface area contributed by atoms with Gasteiger partial charge in [-0.2, -0.15) is 0 Å². The Morgan fingerprint density at radius 3 is 1.82 bits per heavy atom. The molecule has 0 N–H and O–H groups in total. The topological polar surface area (TPSA) is 9.23 Å². The maximum Gasteiger partial charge on any atom is 0.0674 e. The van der Waals surface area contributed by atoms with Crippen LogP contribution >= 0.6 is 0 Å². The summed E-state index contributed by atoms with van der Waals surface area (Å²) in [6.07, 6.45) is 12.2. The van der Waals surface area contributed by atoms with Crippen LogP contribution in [0.4, 0.5) is 0 Å². The average Bonchev–Trinajstić information content (AvgIpc) is 2.44. The van der Waals surface area contributed by atoms with Crippen LogP contribution in [0.5, 0.6) is 0 Å². The van der Waals surface area contributed by atoms with Gasteiger partial charge in [0.15, 0.2) is 0 Å². The van der Waals surface area contributed by atoms with Gasteiger partial charge in [0.2, 0.25) is 0 Å². The van der Waals surface area contributed by atoms with Crippen molar-refractivity contribution in [3.63, 3.8) is 0 Å². The van der Waals surface area contributed by atoms with Crippen molar-refractivity contribution in [2.45, 2.75) is 92.4 Å². The summed E-state index contributed by atoms with van der Waals surface area (Å²) in [6.45, 7) is 17.2. The van der Waals surface area contributed by atoms with E-state index in [9.17, 15) is 0 Å². The minimum atomic E-state index is 0.749. The molecule has 0 spiro atoms. The molecule has 1 heteroatoms. The Hall–Kier alpha value is -0.300. The van der Waals surface area contributed by atoms with Gasteiger partial charge < -0.3 is 4.74 Å². The standard InChI is InChI=1S/C21H42O/c1-7-22-17-21(6)16-10-15-20(5)14-9-13-19(4)12-8-11-18(2)3/h18-20H,6-17H2,1-5H3. The van der Waals surface area contributed by atoms with Gasteiger partial charge in [-0.25, -0.2) is 0 Å². The number of rotatable bonds is 15. The van der Waals surface area contributed by atoms with Crippen LogP contribution in [0.1, 0.15) is 92.4 Å². The highest BCUT2D eigenvalue weighted by molar-refractivity contribution is 4.93. The van der Waals surface area contributed by atoms with Crippen molar-refractivity contribution in [3.05, 3.63) is 12.2 Å². The summed E-state index contributed by atoms with van der Waals surface area (Å²) in [6, 6.07) is 0. The number of ether oxygens (including phenoxy) is 1. The first kappa shape index (κ1) is 21.7. The maximum atomic E-state index is 5.39. The van der Waals surface area contributed by atoms with Gasteiger partial charge in [0.25, 0.3) is 0 Å². The van der Waals surface area contributed by atoms with Crippen LogP contribution in [-0.2, 0) is 4.74 Å². The van der Waals surface area contributed by atoms with Gasteiger partial charge in [0, 0.05) is 6.61 Å². The lowest BCUT2D eigenvalue weighted by Crippen LogP contribution is -2.01. The normalized spacial score (nSPS) is 14.3. The molecule has 0 amide bonds. The molecular weight excluding hydrogens is 268 g/mol. The second-order valence-electron chi connectivity index (χ2n) is 7.75. The molecule has 0 saturated carbocycles. The van der Waals surface area contributed by atoms with Crippen LogP contribution in [0.15, 0.2) is 12.2 Å². The summed E-state index contributed by atoms with van der Waals surface area (Å²) >= 11 is 0. The van der Waals surface area contributed by atoms with Crippen LogP contribution in [0.25, 0.3) is 0 Å². The molecule has 22 heavy (non-hydrogen) atoms. The summed E-state index contributed by atoms with van der Waals surface area (Å²) < 4.78 is 5.39. The minimum absolute atomic E-state index is 0.749. The van der Waals surface area contributed by atoms with Gasteiger partial charge in [-0.05, 0) is 37.5 Å². The molecule has 132 valence electrons. The molecule has 1 nitrogen and oxygen atoms in total. The molecule has 0 aliphatic heterocycles. The fourth-order valence-corrected chi connectivity index (χ4v) is 3.00. The van der Waals surface area contributed by atoms with Crippen molar-refractivity contribution < 1.29 is 4.74 Å². The van der Waals surface area contributed by atoms with Crippen molar-refractivity contribution in [2.75, 3.05) is 13.2 Å². The maximum absolute atomic E-state index is 5.39. The van der Waals surface area contributed by atoms with E-state index < -0.39 is 0 Å². The highest BCUT2D eigenvalue weighted by Crippen LogP contribution is 2.21. The zero-order valence-corrected chi connectivity index (χ0v) is 16.1. The van der Waals surface area contributed by atoms with E-state index in [1.807, 2.05) is 6.92 Å². The second-order valence-corrected chi connectivity index (χ2v) is 7.75. The molecule has 0 heterocycles. The molecule has 0 aromatic rings. The van der Waals surface area contributed by atoms with Gasteiger partial charge >= 0.3 is 0 Å². The predicted molar refractivity (Wildman–Crippen MR) is 100 cm³/mol. The van der Waals surface area contributed by atoms with Crippen molar-refractivity contribution in [2.24, 2.45) is 17.8 Å². The molecule has 0 rings (SSSR count). The Morgan fingerprint density at radius 1 is 0.818 bits per heavy atom. The summed E-state index contributed by atoms with van der Waals surface area (Å²) in [4.78, 5) is 0. The Bertz CT molecular complexity index is 257. The van der Waals surface area contributed by atoms with E-state index in [2.05, 4.69) is 34.3 Å². The first-order valence-electron chi connectivity index (χ1n) is 9.70. The van der Waals surface area contributed by atoms with Crippen molar-refractivity contribution >= 4 is 0 Å². The smallest absolute Gasteiger partial charge is 0.0674 e. The monoisotopic (exact) mass is 310 g/mol. The first-order valence-corrected chi connectivity index (χ1v) is 9.70. The molecule has 0 saturated heterocycles. The number of hydrogen-bond donors (Lipinski definition) is 0. The van der Waals surface area contributed by atoms with Crippen LogP contribution < -0.4 is 0 Å². The fourth-order valence-electron chi connectivity index (χ4n) is 3.00. The molecule has 0 bridgehead atoms. The summed E-state index contributed by atoms with van der Waals surface area (Å²) in [5.41, 5.74) is 1.26. The third-order valence-corrected chi connectivity index (χ3v) is 4.61. The van der Waals surface area contributed by atoms with Crippen LogP contribution in [0.2, 0.25) is 0 Å². The number of hydrogen-bond acceptors (Lipinski definition) is 1. The molecule has 0 aliphatic carbocycles. The van der Waals surface area contributed by atoms with Crippen LogP contribution in [0, 0.1) is 17.8 Å². The van der Waals surface area contributed by atoms with Crippen LogP contribution in [-0.4, -0.2) is 13.2 Å². The van der Waals surface area contributed by atoms with Gasteiger partial charge in [0.1, 0.15) is 0 Å². The molecule has 0 aromatic heterocycles. The molecule has 0 aliphatic rings. The van der Waals surface area contributed by atoms with Crippen molar-refractivity contribution in [1.82, 2.24) is 0 Å². The largest absolute Gasteiger partial charge is 0.377 e. The third kappa shape index (κ3) is 14.6. The lowest BCUT2D eigenvalue weighted by molar-refractivity contribution is 0.168. The lowest BCUT2D eigenvalue weighted by Gasteiger charge is -2.15. The van der Waals surface area contributed by atoms with E-state index in [4.69, 9.17) is 4.74 Å². The Morgan fingerprint density at radius 2 is 1.32 bits per heavy atom. The van der Waals surface area contributed by atoms with E-state index >= 15 is 0 Å². The van der Waals surface area contributed by atoms with Gasteiger partial charge in [-0.1, -0.05) is 84.8 Å². The van der Waals surface area contributed by atoms with E-state index in [0.29, 0.717) is 0 Å². The fraction of sp³-hybridized carbons (Fsp3) is 0.905. The second kappa shape index (κ2) is 14.3. The molecule has 2 atom stereocenters. The first-order chi connectivity index (χ1) is 10.5. The quantitative estimate of drug-likeness (QED) is 0.295. The zero-order chi connectivity index (χ0) is 16.8. The SMILES string of the molecule is C=C(CCCC(C)CCCC(C)CCCC(C)C)COCC. The molecule has 0 fully saturated rings. The van der Waals surface area contributed by atoms with E-state index in [0.717, 1.165) is 37.4 Å². The Labute approximate surface area is 140 Å². The molecular formula is C21H42O. The summed E-state index contributed by atoms with van der Waals surface area (Å²) in [5, 5.41) is 0. The molecule has 0 radical (unpaired) electrons. The highest BCUT2D eigenvalue weighted by Gasteiger charge is 2.06. The van der Waals surface area contributed by atoms with E-state index in [1.54, 1.807) is 0 Å². The average molecular weight is 311 g/mol. The van der Waals surface area contributed by atoms with Crippen molar-refractivity contribution in [3.8, 4) is 0 Å². The van der Waals surface area contributed by atoms with Crippen molar-refractivity contribution in [1.29, 1.82) is 0 Å². The predicted octanol–water partition coefficient (Wildman–Crippen LogP) is 7.02. The zero-order valence-electron chi connectivity index (χ0n) is 16.1. The summed E-state index contributed by atoms with van der Waals surface area (Å²) in [7, 11) is 0. The lowest BCUT2D eigenvalue weighted by atomic mass is 9.91. The van der Waals surface area contributed by atoms with Gasteiger partial charge in [0.05, 0.1) is 6.61 Å². The Balaban J connectivity index is 3.48. The molecule has 0 aromatic carbocycles. The van der Waals surface area contributed by atoms with Gasteiger partial charge in [-0.3, -0.25) is 0 Å². The minimum Gasteiger partial charge on any atom is -0.377 e. The van der Waals surface area contributed by atoms with E-state index in [1.165, 1.54) is 56.9 Å². The third-order valence-electron chi connectivity index (χ3n) is 4.61. The Kier molecular flexibility index (Phi) is 14.1. The summed E-state index contributed by atoms with van der Waals surface area (Å²) in [5.74, 6) is 2.64. The van der Waals surface area contributed by atoms with Gasteiger partial charge in [-0.15, -0.1) is 0 Å². The van der Waals surface area contributed by atoms with Crippen LogP contribution in [0.3, 0.4) is 0 Å².